The third-order valence-corrected chi connectivity index (χ3v) is 4.04. The Labute approximate surface area is 75.9 Å². The highest BCUT2D eigenvalue weighted by Crippen LogP contribution is 2.34. The largest absolute Gasteiger partial charge is 0.344 e. The zero-order valence-corrected chi connectivity index (χ0v) is 8.42. The molecule has 1 aliphatic carbocycles. The Kier molecular flexibility index (Phi) is 2.40. The summed E-state index contributed by atoms with van der Waals surface area (Å²) in [7, 11) is 0. The van der Waals surface area contributed by atoms with Crippen LogP contribution in [0.3, 0.4) is 0 Å². The molecule has 0 aromatic heterocycles. The maximum absolute atomic E-state index is 2.61. The molecule has 1 saturated heterocycles. The van der Waals surface area contributed by atoms with Crippen LogP contribution in [0.25, 0.3) is 0 Å². The predicted octanol–water partition coefficient (Wildman–Crippen LogP) is 1.39. The molecule has 1 heteroatoms. The number of rotatable bonds is 0. The normalized spacial score (nSPS) is 48.5. The van der Waals surface area contributed by atoms with Crippen molar-refractivity contribution in [3.63, 3.8) is 0 Å². The molecule has 4 atom stereocenters. The van der Waals surface area contributed by atoms with Crippen molar-refractivity contribution in [1.82, 2.24) is 0 Å². The number of piperidine rings is 1. The molecule has 1 nitrogen and oxygen atoms in total. The van der Waals surface area contributed by atoms with E-state index in [1.54, 1.807) is 0 Å². The molecule has 0 amide bonds. The lowest BCUT2D eigenvalue weighted by Crippen LogP contribution is -2.94. The SMILES string of the molecule is C[C@@H]1CC[C@@H]2[NH2+]CC[C@H](C)[C@@H]2C1. The quantitative estimate of drug-likeness (QED) is 0.563. The molecule has 1 aliphatic heterocycles. The fourth-order valence-corrected chi connectivity index (χ4v) is 3.18. The van der Waals surface area contributed by atoms with Gasteiger partial charge in [-0.15, -0.1) is 0 Å². The van der Waals surface area contributed by atoms with E-state index >= 15 is 0 Å². The Bertz CT molecular complexity index is 155. The standard InChI is InChI=1S/C11H21N/c1-8-3-4-11-10(7-8)9(2)5-6-12-11/h8-12H,3-7H2,1-2H3/p+1/t8-,9+,10+,11+/m1/s1. The van der Waals surface area contributed by atoms with E-state index in [4.69, 9.17) is 0 Å². The Balaban J connectivity index is 2.00. The average molecular weight is 168 g/mol. The van der Waals surface area contributed by atoms with Crippen LogP contribution < -0.4 is 5.32 Å². The summed E-state index contributed by atoms with van der Waals surface area (Å²) in [4.78, 5) is 0. The van der Waals surface area contributed by atoms with Gasteiger partial charge in [0.25, 0.3) is 0 Å². The number of fused-ring (bicyclic) bond motifs is 1. The van der Waals surface area contributed by atoms with E-state index in [2.05, 4.69) is 19.2 Å². The van der Waals surface area contributed by atoms with Crippen LogP contribution in [-0.4, -0.2) is 12.6 Å². The Morgan fingerprint density at radius 3 is 2.75 bits per heavy atom. The van der Waals surface area contributed by atoms with Crippen molar-refractivity contribution in [3.8, 4) is 0 Å². The van der Waals surface area contributed by atoms with Gasteiger partial charge in [0.05, 0.1) is 12.6 Å². The molecule has 0 spiro atoms. The molecule has 0 radical (unpaired) electrons. The molecule has 0 aromatic rings. The second-order valence-electron chi connectivity index (χ2n) is 5.04. The Morgan fingerprint density at radius 2 is 1.92 bits per heavy atom. The molecule has 0 aromatic carbocycles. The fourth-order valence-electron chi connectivity index (χ4n) is 3.18. The topological polar surface area (TPSA) is 16.6 Å². The molecule has 70 valence electrons. The van der Waals surface area contributed by atoms with E-state index in [1.807, 2.05) is 0 Å². The van der Waals surface area contributed by atoms with Crippen LogP contribution in [-0.2, 0) is 0 Å². The zero-order valence-electron chi connectivity index (χ0n) is 8.42. The fraction of sp³-hybridized carbons (Fsp3) is 1.00. The summed E-state index contributed by atoms with van der Waals surface area (Å²) in [5.74, 6) is 3.05. The first-order chi connectivity index (χ1) is 5.77. The highest BCUT2D eigenvalue weighted by atomic mass is 14.9. The van der Waals surface area contributed by atoms with Crippen LogP contribution in [0, 0.1) is 17.8 Å². The van der Waals surface area contributed by atoms with Crippen LogP contribution >= 0.6 is 0 Å². The van der Waals surface area contributed by atoms with Crippen molar-refractivity contribution in [1.29, 1.82) is 0 Å². The maximum Gasteiger partial charge on any atom is 0.0890 e. The molecule has 1 heterocycles. The van der Waals surface area contributed by atoms with Crippen LogP contribution in [0.2, 0.25) is 0 Å². The summed E-state index contributed by atoms with van der Waals surface area (Å²) in [5, 5.41) is 2.61. The molecular formula is C11H22N+. The van der Waals surface area contributed by atoms with Crippen LogP contribution in [0.15, 0.2) is 0 Å². The van der Waals surface area contributed by atoms with Crippen molar-refractivity contribution in [2.75, 3.05) is 6.54 Å². The van der Waals surface area contributed by atoms with Gasteiger partial charge in [0.15, 0.2) is 0 Å². The minimum Gasteiger partial charge on any atom is -0.344 e. The van der Waals surface area contributed by atoms with Gasteiger partial charge in [-0.1, -0.05) is 13.8 Å². The van der Waals surface area contributed by atoms with Crippen molar-refractivity contribution >= 4 is 0 Å². The molecule has 2 fully saturated rings. The number of nitrogens with two attached hydrogens (primary N) is 1. The minimum absolute atomic E-state index is 0.991. The highest BCUT2D eigenvalue weighted by Gasteiger charge is 2.37. The Hall–Kier alpha value is -0.0400. The van der Waals surface area contributed by atoms with Gasteiger partial charge in [-0.25, -0.2) is 0 Å². The molecule has 0 bridgehead atoms. The molecule has 0 unspecified atom stereocenters. The van der Waals surface area contributed by atoms with Gasteiger partial charge < -0.3 is 5.32 Å². The molecule has 2 aliphatic rings. The number of quaternary nitrogens is 1. The summed E-state index contributed by atoms with van der Waals surface area (Å²) < 4.78 is 0. The van der Waals surface area contributed by atoms with Gasteiger partial charge in [0.1, 0.15) is 0 Å². The molecule has 1 saturated carbocycles. The van der Waals surface area contributed by atoms with E-state index in [0.29, 0.717) is 0 Å². The van der Waals surface area contributed by atoms with Gasteiger partial charge in [-0.2, -0.15) is 0 Å². The highest BCUT2D eigenvalue weighted by molar-refractivity contribution is 4.82. The third-order valence-electron chi connectivity index (χ3n) is 4.04. The maximum atomic E-state index is 2.61. The second kappa shape index (κ2) is 3.37. The lowest BCUT2D eigenvalue weighted by Gasteiger charge is -2.40. The van der Waals surface area contributed by atoms with E-state index in [9.17, 15) is 0 Å². The first-order valence-corrected chi connectivity index (χ1v) is 5.60. The molecule has 2 rings (SSSR count). The van der Waals surface area contributed by atoms with Crippen molar-refractivity contribution in [3.05, 3.63) is 0 Å². The summed E-state index contributed by atoms with van der Waals surface area (Å²) in [6.45, 7) is 6.27. The Morgan fingerprint density at radius 1 is 1.08 bits per heavy atom. The lowest BCUT2D eigenvalue weighted by atomic mass is 9.70. The monoisotopic (exact) mass is 168 g/mol. The van der Waals surface area contributed by atoms with Gasteiger partial charge in [0.2, 0.25) is 0 Å². The predicted molar refractivity (Wildman–Crippen MR) is 50.9 cm³/mol. The molecular weight excluding hydrogens is 146 g/mol. The number of hydrogen-bond donors (Lipinski definition) is 1. The first-order valence-electron chi connectivity index (χ1n) is 5.60. The van der Waals surface area contributed by atoms with Crippen LogP contribution in [0.1, 0.15) is 39.5 Å². The smallest absolute Gasteiger partial charge is 0.0890 e. The van der Waals surface area contributed by atoms with Gasteiger partial charge in [-0.05, 0) is 37.5 Å². The van der Waals surface area contributed by atoms with Crippen LogP contribution in [0.5, 0.6) is 0 Å². The van der Waals surface area contributed by atoms with Gasteiger partial charge in [-0.3, -0.25) is 0 Å². The van der Waals surface area contributed by atoms with Crippen LogP contribution in [0.4, 0.5) is 0 Å². The molecule has 12 heavy (non-hydrogen) atoms. The van der Waals surface area contributed by atoms with E-state index in [-0.39, 0.29) is 0 Å². The van der Waals surface area contributed by atoms with Gasteiger partial charge >= 0.3 is 0 Å². The summed E-state index contributed by atoms with van der Waals surface area (Å²) >= 11 is 0. The minimum atomic E-state index is 0.991. The summed E-state index contributed by atoms with van der Waals surface area (Å²) in [6.07, 6.45) is 5.91. The van der Waals surface area contributed by atoms with Crippen molar-refractivity contribution < 1.29 is 5.32 Å². The molecule has 2 N–H and O–H groups in total. The second-order valence-corrected chi connectivity index (χ2v) is 5.04. The first kappa shape index (κ1) is 8.55. The number of hydrogen-bond acceptors (Lipinski definition) is 0. The average Bonchev–Trinajstić information content (AvgIpc) is 2.07. The van der Waals surface area contributed by atoms with E-state index in [0.717, 1.165) is 23.8 Å². The summed E-state index contributed by atoms with van der Waals surface area (Å²) in [6, 6.07) is 0.991. The van der Waals surface area contributed by atoms with E-state index < -0.39 is 0 Å². The zero-order chi connectivity index (χ0) is 8.55. The lowest BCUT2D eigenvalue weighted by molar-refractivity contribution is -0.710. The third kappa shape index (κ3) is 1.52. The summed E-state index contributed by atoms with van der Waals surface area (Å²) in [5.41, 5.74) is 0. The van der Waals surface area contributed by atoms with E-state index in [1.165, 1.54) is 32.2 Å². The van der Waals surface area contributed by atoms with Crippen molar-refractivity contribution in [2.24, 2.45) is 17.8 Å². The van der Waals surface area contributed by atoms with Crippen molar-refractivity contribution in [2.45, 2.75) is 45.6 Å². The van der Waals surface area contributed by atoms with Gasteiger partial charge in [0, 0.05) is 5.92 Å².